The predicted octanol–water partition coefficient (Wildman–Crippen LogP) is 2.20. The van der Waals surface area contributed by atoms with Crippen LogP contribution < -0.4 is 15.8 Å². The Balaban J connectivity index is 1.85. The van der Waals surface area contributed by atoms with Gasteiger partial charge in [-0.3, -0.25) is 19.1 Å². The van der Waals surface area contributed by atoms with Crippen LogP contribution in [0.3, 0.4) is 0 Å². The summed E-state index contributed by atoms with van der Waals surface area (Å²) in [5.41, 5.74) is 2.57. The molecule has 0 spiro atoms. The number of nitrogens with zero attached hydrogens (tertiary/aromatic N) is 4. The number of pyridine rings is 1. The lowest BCUT2D eigenvalue weighted by Crippen LogP contribution is -2.25. The minimum absolute atomic E-state index is 0.0327. The number of carbonyl (C=O) groups excluding carboxylic acids is 1. The van der Waals surface area contributed by atoms with Crippen LogP contribution in [0.1, 0.15) is 10.4 Å². The fourth-order valence-corrected chi connectivity index (χ4v) is 2.72. The van der Waals surface area contributed by atoms with Crippen molar-refractivity contribution in [1.29, 1.82) is 0 Å². The number of hydrogen-bond acceptors (Lipinski definition) is 6. The smallest absolute Gasteiger partial charge is 0.255 e. The first-order valence-corrected chi connectivity index (χ1v) is 8.49. The molecular weight excluding hydrogens is 342 g/mol. The monoisotopic (exact) mass is 363 g/mol. The van der Waals surface area contributed by atoms with Crippen molar-refractivity contribution in [3.05, 3.63) is 70.8 Å². The summed E-state index contributed by atoms with van der Waals surface area (Å²) in [6, 6.07) is 12.4. The number of rotatable bonds is 6. The molecule has 3 aromatic rings. The highest BCUT2D eigenvalue weighted by Crippen LogP contribution is 2.19. The highest BCUT2D eigenvalue weighted by Gasteiger charge is 2.14. The third-order valence-electron chi connectivity index (χ3n) is 4.20. The van der Waals surface area contributed by atoms with Gasteiger partial charge in [-0.25, -0.2) is 4.98 Å². The standard InChI is InChI=1S/C20H21N5O2/c1-24(2)17-7-5-4-6-15(17)18(26)13-22-20-23-16(12-19(27)25(20)3)14-8-10-21-11-9-14/h4-12H,13H2,1-3H3,(H,22,23). The molecule has 0 fully saturated rings. The molecule has 0 bridgehead atoms. The van der Waals surface area contributed by atoms with Crippen LogP contribution in [-0.2, 0) is 7.05 Å². The second-order valence-electron chi connectivity index (χ2n) is 6.29. The number of Topliss-reactive ketones (excluding diaryl/α,β-unsaturated/α-hetero) is 1. The van der Waals surface area contributed by atoms with E-state index >= 15 is 0 Å². The van der Waals surface area contributed by atoms with Gasteiger partial charge in [0.1, 0.15) is 0 Å². The molecule has 0 aliphatic heterocycles. The van der Waals surface area contributed by atoms with Gasteiger partial charge in [0.25, 0.3) is 5.56 Å². The largest absolute Gasteiger partial charge is 0.377 e. The molecule has 0 radical (unpaired) electrons. The molecule has 0 unspecified atom stereocenters. The Morgan fingerprint density at radius 2 is 1.85 bits per heavy atom. The molecule has 0 aliphatic carbocycles. The van der Waals surface area contributed by atoms with Gasteiger partial charge < -0.3 is 10.2 Å². The molecule has 0 saturated heterocycles. The van der Waals surface area contributed by atoms with Gasteiger partial charge in [0.2, 0.25) is 5.95 Å². The summed E-state index contributed by atoms with van der Waals surface area (Å²) in [5.74, 6) is 0.257. The van der Waals surface area contributed by atoms with E-state index in [1.165, 1.54) is 10.6 Å². The highest BCUT2D eigenvalue weighted by molar-refractivity contribution is 6.03. The molecule has 0 aliphatic rings. The van der Waals surface area contributed by atoms with Gasteiger partial charge in [-0.05, 0) is 24.3 Å². The van der Waals surface area contributed by atoms with Crippen molar-refractivity contribution in [2.24, 2.45) is 7.05 Å². The Bertz CT molecular complexity index is 1010. The minimum Gasteiger partial charge on any atom is -0.377 e. The Labute approximate surface area is 157 Å². The third-order valence-corrected chi connectivity index (χ3v) is 4.20. The molecule has 1 aromatic carbocycles. The summed E-state index contributed by atoms with van der Waals surface area (Å²) >= 11 is 0. The van der Waals surface area contributed by atoms with E-state index in [2.05, 4.69) is 15.3 Å². The van der Waals surface area contributed by atoms with Crippen LogP contribution in [0.15, 0.2) is 59.7 Å². The molecule has 27 heavy (non-hydrogen) atoms. The average Bonchev–Trinajstić information content (AvgIpc) is 2.69. The maximum Gasteiger partial charge on any atom is 0.255 e. The summed E-state index contributed by atoms with van der Waals surface area (Å²) < 4.78 is 1.38. The van der Waals surface area contributed by atoms with Crippen LogP contribution in [0, 0.1) is 0 Å². The molecule has 0 saturated carbocycles. The van der Waals surface area contributed by atoms with Crippen LogP contribution >= 0.6 is 0 Å². The fraction of sp³-hybridized carbons (Fsp3) is 0.200. The van der Waals surface area contributed by atoms with Crippen molar-refractivity contribution in [2.45, 2.75) is 0 Å². The fourth-order valence-electron chi connectivity index (χ4n) is 2.72. The number of aromatic nitrogens is 3. The minimum atomic E-state index is -0.208. The Hall–Kier alpha value is -3.48. The molecule has 2 aromatic heterocycles. The SMILES string of the molecule is CN(C)c1ccccc1C(=O)CNc1nc(-c2ccncc2)cc(=O)n1C. The maximum atomic E-state index is 12.7. The Morgan fingerprint density at radius 3 is 2.56 bits per heavy atom. The first kappa shape index (κ1) is 18.3. The van der Waals surface area contributed by atoms with E-state index in [1.54, 1.807) is 37.6 Å². The van der Waals surface area contributed by atoms with E-state index in [9.17, 15) is 9.59 Å². The summed E-state index contributed by atoms with van der Waals surface area (Å²) in [5, 5.41) is 3.00. The van der Waals surface area contributed by atoms with Gasteiger partial charge in [0.05, 0.1) is 12.2 Å². The zero-order valence-electron chi connectivity index (χ0n) is 15.5. The number of ketones is 1. The molecular formula is C20H21N5O2. The second kappa shape index (κ2) is 7.82. The lowest BCUT2D eigenvalue weighted by molar-refractivity contribution is 0.101. The number of para-hydroxylation sites is 1. The summed E-state index contributed by atoms with van der Waals surface area (Å²) in [4.78, 5) is 35.3. The lowest BCUT2D eigenvalue weighted by atomic mass is 10.1. The van der Waals surface area contributed by atoms with Gasteiger partial charge in [-0.1, -0.05) is 12.1 Å². The summed E-state index contributed by atoms with van der Waals surface area (Å²) in [6.45, 7) is 0.0327. The van der Waals surface area contributed by atoms with Crippen LogP contribution in [0.2, 0.25) is 0 Å². The van der Waals surface area contributed by atoms with E-state index in [4.69, 9.17) is 0 Å². The quantitative estimate of drug-likeness (QED) is 0.677. The van der Waals surface area contributed by atoms with Crippen LogP contribution in [0.25, 0.3) is 11.3 Å². The van der Waals surface area contributed by atoms with E-state index < -0.39 is 0 Å². The number of carbonyl (C=O) groups is 1. The van der Waals surface area contributed by atoms with Crippen LogP contribution in [0.5, 0.6) is 0 Å². The number of benzene rings is 1. The molecule has 0 atom stereocenters. The normalized spacial score (nSPS) is 10.5. The van der Waals surface area contributed by atoms with Crippen molar-refractivity contribution < 1.29 is 4.79 Å². The molecule has 3 rings (SSSR count). The molecule has 7 heteroatoms. The van der Waals surface area contributed by atoms with Gasteiger partial charge in [0, 0.05) is 56.4 Å². The van der Waals surface area contributed by atoms with Crippen molar-refractivity contribution in [3.8, 4) is 11.3 Å². The maximum absolute atomic E-state index is 12.7. The number of anilines is 2. The van der Waals surface area contributed by atoms with Gasteiger partial charge in [-0.2, -0.15) is 0 Å². The predicted molar refractivity (Wildman–Crippen MR) is 106 cm³/mol. The van der Waals surface area contributed by atoms with Crippen molar-refractivity contribution in [3.63, 3.8) is 0 Å². The second-order valence-corrected chi connectivity index (χ2v) is 6.29. The summed E-state index contributed by atoms with van der Waals surface area (Å²) in [6.07, 6.45) is 3.28. The molecule has 138 valence electrons. The van der Waals surface area contributed by atoms with E-state index in [0.717, 1.165) is 11.3 Å². The summed E-state index contributed by atoms with van der Waals surface area (Å²) in [7, 11) is 5.40. The molecule has 7 nitrogen and oxygen atoms in total. The lowest BCUT2D eigenvalue weighted by Gasteiger charge is -2.17. The first-order chi connectivity index (χ1) is 13.0. The third kappa shape index (κ3) is 4.03. The average molecular weight is 363 g/mol. The first-order valence-electron chi connectivity index (χ1n) is 8.49. The Morgan fingerprint density at radius 1 is 1.15 bits per heavy atom. The van der Waals surface area contributed by atoms with Gasteiger partial charge in [-0.15, -0.1) is 0 Å². The number of hydrogen-bond donors (Lipinski definition) is 1. The van der Waals surface area contributed by atoms with Crippen molar-refractivity contribution >= 4 is 17.4 Å². The van der Waals surface area contributed by atoms with Gasteiger partial charge in [0.15, 0.2) is 5.78 Å². The topological polar surface area (TPSA) is 80.1 Å². The van der Waals surface area contributed by atoms with E-state index in [1.807, 2.05) is 37.2 Å². The van der Waals surface area contributed by atoms with E-state index in [0.29, 0.717) is 17.2 Å². The van der Waals surface area contributed by atoms with Crippen molar-refractivity contribution in [1.82, 2.24) is 14.5 Å². The molecule has 1 N–H and O–H groups in total. The van der Waals surface area contributed by atoms with E-state index in [-0.39, 0.29) is 17.9 Å². The van der Waals surface area contributed by atoms with Crippen LogP contribution in [0.4, 0.5) is 11.6 Å². The molecule has 0 amide bonds. The zero-order valence-corrected chi connectivity index (χ0v) is 15.5. The zero-order chi connectivity index (χ0) is 19.4. The Kier molecular flexibility index (Phi) is 5.30. The van der Waals surface area contributed by atoms with Crippen molar-refractivity contribution in [2.75, 3.05) is 30.9 Å². The number of nitrogens with one attached hydrogen (secondary N) is 1. The molecule has 2 heterocycles. The van der Waals surface area contributed by atoms with Gasteiger partial charge >= 0.3 is 0 Å². The van der Waals surface area contributed by atoms with Crippen LogP contribution in [-0.4, -0.2) is 41.0 Å². The highest BCUT2D eigenvalue weighted by atomic mass is 16.1.